The van der Waals surface area contributed by atoms with Crippen LogP contribution < -0.4 is 5.76 Å². The first kappa shape index (κ1) is 19.4. The predicted molar refractivity (Wildman–Crippen MR) is 102 cm³/mol. The summed E-state index contributed by atoms with van der Waals surface area (Å²) in [6.07, 6.45) is 0. The second-order valence-electron chi connectivity index (χ2n) is 6.86. The number of aromatic nitrogens is 2. The first-order valence-electron chi connectivity index (χ1n) is 9.08. The van der Waals surface area contributed by atoms with Crippen molar-refractivity contribution in [2.45, 2.75) is 25.3 Å². The highest BCUT2D eigenvalue weighted by atomic mass is 32.2. The van der Waals surface area contributed by atoms with Crippen molar-refractivity contribution in [3.8, 4) is 0 Å². The lowest BCUT2D eigenvalue weighted by Gasteiger charge is -2.33. The van der Waals surface area contributed by atoms with E-state index in [0.29, 0.717) is 16.8 Å². The fraction of sp³-hybridized carbons (Fsp3) is 0.389. The van der Waals surface area contributed by atoms with E-state index in [2.05, 4.69) is 5.16 Å². The number of fused-ring (bicyclic) bond motifs is 1. The molecule has 10 nitrogen and oxygen atoms in total. The molecule has 3 aromatic rings. The Labute approximate surface area is 166 Å². The maximum atomic E-state index is 12.9. The predicted octanol–water partition coefficient (Wildman–Crippen LogP) is 0.732. The Kier molecular flexibility index (Phi) is 4.79. The van der Waals surface area contributed by atoms with E-state index < -0.39 is 15.8 Å². The molecule has 1 aliphatic rings. The monoisotopic (exact) mass is 420 g/mol. The normalized spacial score (nSPS) is 15.9. The van der Waals surface area contributed by atoms with Crippen molar-refractivity contribution >= 4 is 27.0 Å². The van der Waals surface area contributed by atoms with Gasteiger partial charge in [0.25, 0.3) is 0 Å². The number of amides is 1. The summed E-state index contributed by atoms with van der Waals surface area (Å²) in [6, 6.07) is 6.88. The molecule has 0 radical (unpaired) electrons. The number of nitrogens with zero attached hydrogens (tertiary/aromatic N) is 4. The standard InChI is InChI=1S/C18H20N4O6S/c1-12-17(13(2)28-19-12)29(25,26)21-9-7-20(8-10-21)16(23)11-22-14-5-3-4-6-15(14)27-18(22)24/h3-6H,7-11H2,1-2H3. The molecule has 1 fully saturated rings. The minimum absolute atomic E-state index is 0.0775. The molecule has 4 rings (SSSR count). The van der Waals surface area contributed by atoms with Gasteiger partial charge in [0.05, 0.1) is 5.52 Å². The lowest BCUT2D eigenvalue weighted by Crippen LogP contribution is -2.51. The van der Waals surface area contributed by atoms with Gasteiger partial charge in [-0.25, -0.2) is 13.2 Å². The SMILES string of the molecule is Cc1noc(C)c1S(=O)(=O)N1CCN(C(=O)Cn2c(=O)oc3ccccc32)CC1. The first-order chi connectivity index (χ1) is 13.8. The van der Waals surface area contributed by atoms with Gasteiger partial charge in [0.15, 0.2) is 11.3 Å². The molecule has 154 valence electrons. The van der Waals surface area contributed by atoms with Crippen LogP contribution in [0.4, 0.5) is 0 Å². The van der Waals surface area contributed by atoms with Crippen LogP contribution in [0.1, 0.15) is 11.5 Å². The minimum Gasteiger partial charge on any atom is -0.408 e. The second-order valence-corrected chi connectivity index (χ2v) is 8.73. The molecule has 3 heterocycles. The molecule has 0 bridgehead atoms. The number of carbonyl (C=O) groups excluding carboxylic acids is 1. The fourth-order valence-electron chi connectivity index (χ4n) is 3.55. The summed E-state index contributed by atoms with van der Waals surface area (Å²) >= 11 is 0. The van der Waals surface area contributed by atoms with E-state index in [4.69, 9.17) is 8.94 Å². The van der Waals surface area contributed by atoms with Gasteiger partial charge in [-0.2, -0.15) is 4.31 Å². The summed E-state index contributed by atoms with van der Waals surface area (Å²) in [5.74, 6) is -0.626. The molecular formula is C18H20N4O6S. The first-order valence-corrected chi connectivity index (χ1v) is 10.5. The number of para-hydroxylation sites is 2. The number of benzene rings is 1. The Balaban J connectivity index is 1.46. The van der Waals surface area contributed by atoms with E-state index in [9.17, 15) is 18.0 Å². The van der Waals surface area contributed by atoms with Gasteiger partial charge in [0, 0.05) is 26.2 Å². The Morgan fingerprint density at radius 1 is 1.14 bits per heavy atom. The average Bonchev–Trinajstić information content (AvgIpc) is 3.21. The number of aryl methyl sites for hydroxylation is 2. The highest BCUT2D eigenvalue weighted by Crippen LogP contribution is 2.24. The lowest BCUT2D eigenvalue weighted by molar-refractivity contribution is -0.133. The Morgan fingerprint density at radius 2 is 1.83 bits per heavy atom. The van der Waals surface area contributed by atoms with Crippen molar-refractivity contribution in [2.75, 3.05) is 26.2 Å². The van der Waals surface area contributed by atoms with E-state index in [-0.39, 0.29) is 49.3 Å². The van der Waals surface area contributed by atoms with Crippen LogP contribution in [-0.4, -0.2) is 59.4 Å². The number of carbonyl (C=O) groups is 1. The van der Waals surface area contributed by atoms with Crippen molar-refractivity contribution in [1.29, 1.82) is 0 Å². The lowest BCUT2D eigenvalue weighted by atomic mass is 10.3. The molecule has 1 aliphatic heterocycles. The van der Waals surface area contributed by atoms with Crippen LogP contribution in [0, 0.1) is 13.8 Å². The number of rotatable bonds is 4. The third-order valence-electron chi connectivity index (χ3n) is 5.02. The van der Waals surface area contributed by atoms with E-state index in [1.807, 2.05) is 0 Å². The van der Waals surface area contributed by atoms with Gasteiger partial charge < -0.3 is 13.8 Å². The summed E-state index contributed by atoms with van der Waals surface area (Å²) in [5, 5.41) is 3.71. The Bertz CT molecular complexity index is 1210. The topological polar surface area (TPSA) is 119 Å². The van der Waals surface area contributed by atoms with Crippen LogP contribution in [0.3, 0.4) is 0 Å². The molecule has 2 aromatic heterocycles. The van der Waals surface area contributed by atoms with Gasteiger partial charge in [-0.1, -0.05) is 17.3 Å². The minimum atomic E-state index is -3.75. The fourth-order valence-corrected chi connectivity index (χ4v) is 5.26. The van der Waals surface area contributed by atoms with Crippen molar-refractivity contribution < 1.29 is 22.2 Å². The molecule has 1 aromatic carbocycles. The van der Waals surface area contributed by atoms with Crippen LogP contribution in [0.2, 0.25) is 0 Å². The molecule has 0 unspecified atom stereocenters. The van der Waals surface area contributed by atoms with Gasteiger partial charge in [-0.3, -0.25) is 9.36 Å². The molecule has 11 heteroatoms. The summed E-state index contributed by atoms with van der Waals surface area (Å²) in [4.78, 5) is 26.4. The average molecular weight is 420 g/mol. The zero-order valence-corrected chi connectivity index (χ0v) is 16.8. The summed E-state index contributed by atoms with van der Waals surface area (Å²) in [7, 11) is -3.75. The van der Waals surface area contributed by atoms with Gasteiger partial charge in [-0.05, 0) is 26.0 Å². The molecule has 1 amide bonds. The van der Waals surface area contributed by atoms with Crippen LogP contribution in [0.15, 0.2) is 42.9 Å². The van der Waals surface area contributed by atoms with Crippen LogP contribution >= 0.6 is 0 Å². The number of sulfonamides is 1. The number of piperazine rings is 1. The number of oxazole rings is 1. The van der Waals surface area contributed by atoms with E-state index >= 15 is 0 Å². The molecule has 0 aliphatic carbocycles. The van der Waals surface area contributed by atoms with Gasteiger partial charge >= 0.3 is 5.76 Å². The Hall–Kier alpha value is -2.92. The van der Waals surface area contributed by atoms with E-state index in [1.165, 1.54) is 8.87 Å². The Morgan fingerprint density at radius 3 is 2.48 bits per heavy atom. The van der Waals surface area contributed by atoms with Crippen LogP contribution in [0.25, 0.3) is 11.1 Å². The van der Waals surface area contributed by atoms with Crippen LogP contribution in [-0.2, 0) is 21.4 Å². The van der Waals surface area contributed by atoms with E-state index in [1.54, 1.807) is 43.0 Å². The highest BCUT2D eigenvalue weighted by Gasteiger charge is 2.34. The molecular weight excluding hydrogens is 400 g/mol. The smallest absolute Gasteiger partial charge is 0.408 e. The van der Waals surface area contributed by atoms with Crippen molar-refractivity contribution in [3.05, 3.63) is 46.3 Å². The summed E-state index contributed by atoms with van der Waals surface area (Å²) < 4.78 is 38.5. The highest BCUT2D eigenvalue weighted by molar-refractivity contribution is 7.89. The number of hydrogen-bond acceptors (Lipinski definition) is 7. The zero-order valence-electron chi connectivity index (χ0n) is 16.0. The van der Waals surface area contributed by atoms with Gasteiger partial charge in [0.2, 0.25) is 15.9 Å². The molecule has 29 heavy (non-hydrogen) atoms. The van der Waals surface area contributed by atoms with Crippen LogP contribution in [0.5, 0.6) is 0 Å². The van der Waals surface area contributed by atoms with Crippen molar-refractivity contribution in [2.24, 2.45) is 0 Å². The van der Waals surface area contributed by atoms with Gasteiger partial charge in [0.1, 0.15) is 17.1 Å². The zero-order chi connectivity index (χ0) is 20.8. The molecule has 0 N–H and O–H groups in total. The second kappa shape index (κ2) is 7.16. The summed E-state index contributed by atoms with van der Waals surface area (Å²) in [5.41, 5.74) is 1.28. The molecule has 0 atom stereocenters. The maximum Gasteiger partial charge on any atom is 0.420 e. The van der Waals surface area contributed by atoms with Crippen molar-refractivity contribution in [3.63, 3.8) is 0 Å². The quantitative estimate of drug-likeness (QED) is 0.610. The maximum absolute atomic E-state index is 12.9. The number of hydrogen-bond donors (Lipinski definition) is 0. The summed E-state index contributed by atoms with van der Waals surface area (Å²) in [6.45, 7) is 3.73. The third kappa shape index (κ3) is 3.36. The van der Waals surface area contributed by atoms with E-state index in [0.717, 1.165) is 0 Å². The molecule has 1 saturated heterocycles. The molecule has 0 saturated carbocycles. The third-order valence-corrected chi connectivity index (χ3v) is 7.17. The van der Waals surface area contributed by atoms with Crippen molar-refractivity contribution in [1.82, 2.24) is 18.9 Å². The molecule has 0 spiro atoms. The van der Waals surface area contributed by atoms with Gasteiger partial charge in [-0.15, -0.1) is 0 Å². The largest absolute Gasteiger partial charge is 0.420 e.